The molecule has 3 heteroatoms. The highest BCUT2D eigenvalue weighted by molar-refractivity contribution is 5.87. The summed E-state index contributed by atoms with van der Waals surface area (Å²) in [5, 5.41) is 0. The smallest absolute Gasteiger partial charge is 0.130 e. The molecule has 114 valence electrons. The van der Waals surface area contributed by atoms with E-state index < -0.39 is 0 Å². The van der Waals surface area contributed by atoms with Crippen LogP contribution < -0.4 is 14.2 Å². The summed E-state index contributed by atoms with van der Waals surface area (Å²) in [7, 11) is 5.06. The van der Waals surface area contributed by atoms with Crippen molar-refractivity contribution in [3.63, 3.8) is 0 Å². The number of hydrogen-bond donors (Lipinski definition) is 0. The van der Waals surface area contributed by atoms with Gasteiger partial charge in [-0.1, -0.05) is 12.1 Å². The Hall–Kier alpha value is -2.42. The Morgan fingerprint density at radius 2 is 1.50 bits per heavy atom. The van der Waals surface area contributed by atoms with Gasteiger partial charge in [-0.05, 0) is 53.8 Å². The van der Waals surface area contributed by atoms with Crippen LogP contribution in [0.25, 0.3) is 11.6 Å². The minimum atomic E-state index is 0.808. The van der Waals surface area contributed by atoms with E-state index in [0.29, 0.717) is 0 Å². The second-order valence-corrected chi connectivity index (χ2v) is 5.30. The van der Waals surface area contributed by atoms with Gasteiger partial charge in [0.15, 0.2) is 0 Å². The van der Waals surface area contributed by atoms with Crippen molar-refractivity contribution in [2.75, 3.05) is 21.3 Å². The summed E-state index contributed by atoms with van der Waals surface area (Å²) in [5.74, 6) is 2.57. The molecule has 0 radical (unpaired) electrons. The lowest BCUT2D eigenvalue weighted by Crippen LogP contribution is -2.01. The standard InChI is InChI=1S/C19H20O3/c1-20-16-7-6-13-10-15(5-4-14(13)11-16)18-9-8-17(21-2)12-19(18)22-3/h6-12H,4-5H2,1-3H3. The third-order valence-corrected chi connectivity index (χ3v) is 4.10. The number of aryl methyl sites for hydroxylation is 1. The van der Waals surface area contributed by atoms with Gasteiger partial charge >= 0.3 is 0 Å². The lowest BCUT2D eigenvalue weighted by atomic mass is 9.88. The van der Waals surface area contributed by atoms with Crippen LogP contribution in [0.15, 0.2) is 36.4 Å². The van der Waals surface area contributed by atoms with Gasteiger partial charge in [-0.25, -0.2) is 0 Å². The fourth-order valence-electron chi connectivity index (χ4n) is 2.87. The molecule has 3 rings (SSSR count). The van der Waals surface area contributed by atoms with E-state index in [1.165, 1.54) is 16.7 Å². The highest BCUT2D eigenvalue weighted by atomic mass is 16.5. The average molecular weight is 296 g/mol. The van der Waals surface area contributed by atoms with Crippen LogP contribution in [0.3, 0.4) is 0 Å². The number of rotatable bonds is 4. The minimum Gasteiger partial charge on any atom is -0.497 e. The summed E-state index contributed by atoms with van der Waals surface area (Å²) in [5.41, 5.74) is 5.00. The molecule has 1 aliphatic rings. The van der Waals surface area contributed by atoms with Crippen molar-refractivity contribution in [3.8, 4) is 17.2 Å². The highest BCUT2D eigenvalue weighted by Crippen LogP contribution is 2.37. The number of methoxy groups -OCH3 is 3. The van der Waals surface area contributed by atoms with E-state index in [9.17, 15) is 0 Å². The van der Waals surface area contributed by atoms with E-state index in [4.69, 9.17) is 14.2 Å². The molecule has 2 aromatic carbocycles. The topological polar surface area (TPSA) is 27.7 Å². The van der Waals surface area contributed by atoms with Crippen LogP contribution in [0.1, 0.15) is 23.1 Å². The van der Waals surface area contributed by atoms with Gasteiger partial charge in [0.2, 0.25) is 0 Å². The van der Waals surface area contributed by atoms with Crippen LogP contribution in [-0.4, -0.2) is 21.3 Å². The monoisotopic (exact) mass is 296 g/mol. The van der Waals surface area contributed by atoms with Crippen molar-refractivity contribution < 1.29 is 14.2 Å². The Balaban J connectivity index is 2.00. The van der Waals surface area contributed by atoms with Crippen LogP contribution in [-0.2, 0) is 6.42 Å². The molecular formula is C19H20O3. The van der Waals surface area contributed by atoms with Gasteiger partial charge in [0.25, 0.3) is 0 Å². The van der Waals surface area contributed by atoms with Crippen LogP contribution >= 0.6 is 0 Å². The Labute approximate surface area is 131 Å². The van der Waals surface area contributed by atoms with Crippen molar-refractivity contribution in [3.05, 3.63) is 53.1 Å². The maximum absolute atomic E-state index is 5.52. The number of ether oxygens (including phenoxy) is 3. The molecular weight excluding hydrogens is 276 g/mol. The molecule has 0 N–H and O–H groups in total. The SMILES string of the molecule is COc1ccc2c(c1)CCC(c1ccc(OC)cc1OC)=C2. The van der Waals surface area contributed by atoms with E-state index >= 15 is 0 Å². The molecule has 0 fully saturated rings. The quantitative estimate of drug-likeness (QED) is 0.846. The van der Waals surface area contributed by atoms with E-state index in [2.05, 4.69) is 24.3 Å². The maximum atomic E-state index is 5.52. The van der Waals surface area contributed by atoms with E-state index in [0.717, 1.165) is 35.7 Å². The predicted molar refractivity (Wildman–Crippen MR) is 88.7 cm³/mol. The van der Waals surface area contributed by atoms with Gasteiger partial charge < -0.3 is 14.2 Å². The Kier molecular flexibility index (Phi) is 4.05. The Bertz CT molecular complexity index is 717. The zero-order chi connectivity index (χ0) is 15.5. The third-order valence-electron chi connectivity index (χ3n) is 4.10. The summed E-state index contributed by atoms with van der Waals surface area (Å²) in [4.78, 5) is 0. The molecule has 1 aliphatic carbocycles. The van der Waals surface area contributed by atoms with E-state index in [1.807, 2.05) is 18.2 Å². The fraction of sp³-hybridized carbons (Fsp3) is 0.263. The van der Waals surface area contributed by atoms with Gasteiger partial charge in [0, 0.05) is 11.6 Å². The summed E-state index contributed by atoms with van der Waals surface area (Å²) in [6.07, 6.45) is 4.24. The molecule has 0 aromatic heterocycles. The van der Waals surface area contributed by atoms with Gasteiger partial charge in [-0.15, -0.1) is 0 Å². The number of fused-ring (bicyclic) bond motifs is 1. The van der Waals surface area contributed by atoms with Gasteiger partial charge in [-0.2, -0.15) is 0 Å². The molecule has 3 nitrogen and oxygen atoms in total. The molecule has 0 atom stereocenters. The predicted octanol–water partition coefficient (Wildman–Crippen LogP) is 4.20. The molecule has 0 aliphatic heterocycles. The summed E-state index contributed by atoms with van der Waals surface area (Å²) in [6.45, 7) is 0. The molecule has 0 saturated carbocycles. The molecule has 0 spiro atoms. The summed E-state index contributed by atoms with van der Waals surface area (Å²) in [6, 6.07) is 12.2. The van der Waals surface area contributed by atoms with Gasteiger partial charge in [-0.3, -0.25) is 0 Å². The lowest BCUT2D eigenvalue weighted by molar-refractivity contribution is 0.393. The number of allylic oxidation sites excluding steroid dienone is 1. The summed E-state index contributed by atoms with van der Waals surface area (Å²) >= 11 is 0. The molecule has 2 aromatic rings. The van der Waals surface area contributed by atoms with Crippen molar-refractivity contribution in [2.24, 2.45) is 0 Å². The third kappa shape index (κ3) is 2.67. The first-order valence-corrected chi connectivity index (χ1v) is 7.35. The molecule has 0 unspecified atom stereocenters. The van der Waals surface area contributed by atoms with Crippen LogP contribution in [0, 0.1) is 0 Å². The molecule has 0 bridgehead atoms. The average Bonchev–Trinajstić information content (AvgIpc) is 2.60. The van der Waals surface area contributed by atoms with E-state index in [1.54, 1.807) is 21.3 Å². The molecule has 22 heavy (non-hydrogen) atoms. The zero-order valence-corrected chi connectivity index (χ0v) is 13.2. The van der Waals surface area contributed by atoms with Gasteiger partial charge in [0.1, 0.15) is 17.2 Å². The van der Waals surface area contributed by atoms with E-state index in [-0.39, 0.29) is 0 Å². The number of benzene rings is 2. The largest absolute Gasteiger partial charge is 0.497 e. The first kappa shape index (κ1) is 14.5. The molecule has 0 amide bonds. The molecule has 0 saturated heterocycles. The normalized spacial score (nSPS) is 13.1. The Morgan fingerprint density at radius 3 is 2.23 bits per heavy atom. The van der Waals surface area contributed by atoms with Crippen molar-refractivity contribution in [1.29, 1.82) is 0 Å². The second kappa shape index (κ2) is 6.14. The van der Waals surface area contributed by atoms with Crippen LogP contribution in [0.5, 0.6) is 17.2 Å². The maximum Gasteiger partial charge on any atom is 0.130 e. The van der Waals surface area contributed by atoms with Crippen molar-refractivity contribution >= 4 is 11.6 Å². The van der Waals surface area contributed by atoms with Crippen LogP contribution in [0.4, 0.5) is 0 Å². The molecule has 0 heterocycles. The minimum absolute atomic E-state index is 0.808. The number of hydrogen-bond acceptors (Lipinski definition) is 3. The first-order chi connectivity index (χ1) is 10.7. The van der Waals surface area contributed by atoms with Crippen molar-refractivity contribution in [1.82, 2.24) is 0 Å². The second-order valence-electron chi connectivity index (χ2n) is 5.30. The van der Waals surface area contributed by atoms with Crippen LogP contribution in [0.2, 0.25) is 0 Å². The summed E-state index contributed by atoms with van der Waals surface area (Å²) < 4.78 is 16.1. The van der Waals surface area contributed by atoms with Crippen molar-refractivity contribution in [2.45, 2.75) is 12.8 Å². The van der Waals surface area contributed by atoms with Gasteiger partial charge in [0.05, 0.1) is 21.3 Å². The highest BCUT2D eigenvalue weighted by Gasteiger charge is 2.16. The zero-order valence-electron chi connectivity index (χ0n) is 13.2. The first-order valence-electron chi connectivity index (χ1n) is 7.35. The Morgan fingerprint density at radius 1 is 0.773 bits per heavy atom. The lowest BCUT2D eigenvalue weighted by Gasteiger charge is -2.19. The fourth-order valence-corrected chi connectivity index (χ4v) is 2.87.